The molecule has 0 heterocycles. The number of hydrogen-bond acceptors (Lipinski definition) is 7. The van der Waals surface area contributed by atoms with Gasteiger partial charge in [-0.25, -0.2) is 13.2 Å². The molecule has 0 unspecified atom stereocenters. The van der Waals surface area contributed by atoms with Crippen LogP contribution in [0.25, 0.3) is 0 Å². The lowest BCUT2D eigenvalue weighted by atomic mass is 9.95. The second kappa shape index (κ2) is 9.35. The van der Waals surface area contributed by atoms with E-state index in [-0.39, 0.29) is 6.42 Å². The van der Waals surface area contributed by atoms with Crippen LogP contribution in [0.4, 0.5) is 13.2 Å². The van der Waals surface area contributed by atoms with Crippen molar-refractivity contribution < 1.29 is 27.6 Å². The van der Waals surface area contributed by atoms with Gasteiger partial charge in [-0.3, -0.25) is 19.7 Å². The van der Waals surface area contributed by atoms with Crippen molar-refractivity contribution in [1.82, 2.24) is 10.6 Å². The van der Waals surface area contributed by atoms with E-state index in [1.165, 1.54) is 6.92 Å². The molecule has 24 heavy (non-hydrogen) atoms. The maximum absolute atomic E-state index is 14.8. The number of likely N-dealkylation sites (N-methyl/N-ethyl adjacent to an activating group) is 1. The summed E-state index contributed by atoms with van der Waals surface area (Å²) in [7, 11) is 1.13. The average molecular weight is 407 g/mol. The van der Waals surface area contributed by atoms with Crippen molar-refractivity contribution in [2.24, 2.45) is 0 Å². The number of hydrogen-bond donors (Lipinski definition) is 5. The first kappa shape index (κ1) is 23.6. The molecule has 0 saturated heterocycles. The van der Waals surface area contributed by atoms with Crippen LogP contribution in [0.1, 0.15) is 19.8 Å². The molecule has 1 amide bonds. The number of halogens is 3. The highest BCUT2D eigenvalue weighted by Gasteiger charge is 2.49. The third-order valence-electron chi connectivity index (χ3n) is 3.45. The van der Waals surface area contributed by atoms with E-state index in [1.54, 1.807) is 5.32 Å². The highest BCUT2D eigenvalue weighted by atomic mass is 32.1. The summed E-state index contributed by atoms with van der Waals surface area (Å²) in [4.78, 5) is 35.5. The zero-order valence-corrected chi connectivity index (χ0v) is 15.9. The van der Waals surface area contributed by atoms with Gasteiger partial charge in [-0.05, 0) is 7.05 Å². The maximum Gasteiger partial charge on any atom is 0.261 e. The van der Waals surface area contributed by atoms with E-state index in [4.69, 9.17) is 0 Å². The van der Waals surface area contributed by atoms with Crippen LogP contribution in [-0.4, -0.2) is 59.0 Å². The van der Waals surface area contributed by atoms with E-state index >= 15 is 0 Å². The summed E-state index contributed by atoms with van der Waals surface area (Å²) < 4.78 is 43.3. The fourth-order valence-electron chi connectivity index (χ4n) is 1.68. The molecule has 0 aliphatic rings. The summed E-state index contributed by atoms with van der Waals surface area (Å²) in [6.07, 6.45) is -1.47. The van der Waals surface area contributed by atoms with Crippen LogP contribution in [0.15, 0.2) is 0 Å². The van der Waals surface area contributed by atoms with Crippen molar-refractivity contribution in [3.05, 3.63) is 0 Å². The quantitative estimate of drug-likeness (QED) is 0.263. The molecule has 0 aromatic carbocycles. The van der Waals surface area contributed by atoms with Crippen molar-refractivity contribution in [3.8, 4) is 0 Å². The van der Waals surface area contributed by atoms with Crippen molar-refractivity contribution in [1.29, 1.82) is 0 Å². The highest BCUT2D eigenvalue weighted by molar-refractivity contribution is 7.80. The number of alkyl halides is 3. The molecule has 5 nitrogen and oxygen atoms in total. The molecule has 3 atom stereocenters. The Morgan fingerprint density at radius 3 is 1.75 bits per heavy atom. The molecule has 0 fully saturated rings. The lowest BCUT2D eigenvalue weighted by Crippen LogP contribution is -2.60. The molecule has 11 heteroatoms. The van der Waals surface area contributed by atoms with Gasteiger partial charge in [-0.2, -0.15) is 37.9 Å². The summed E-state index contributed by atoms with van der Waals surface area (Å²) in [6.45, 7) is 1.36. The Morgan fingerprint density at radius 2 is 1.42 bits per heavy atom. The predicted molar refractivity (Wildman–Crippen MR) is 95.2 cm³/mol. The molecule has 0 saturated carbocycles. The van der Waals surface area contributed by atoms with Gasteiger partial charge < -0.3 is 5.32 Å². The number of carbonyl (C=O) groups excluding carboxylic acids is 3. The minimum Gasteiger partial charge on any atom is -0.314 e. The summed E-state index contributed by atoms with van der Waals surface area (Å²) in [6, 6.07) is 0. The van der Waals surface area contributed by atoms with Gasteiger partial charge in [0.2, 0.25) is 17.3 Å². The molecule has 140 valence electrons. The van der Waals surface area contributed by atoms with Gasteiger partial charge in [0.1, 0.15) is 0 Å². The number of carbonyl (C=O) groups is 3. The van der Waals surface area contributed by atoms with Gasteiger partial charge in [-0.15, -0.1) is 0 Å². The molecule has 0 radical (unpaired) electrons. The maximum atomic E-state index is 14.8. The monoisotopic (exact) mass is 406 g/mol. The molecular weight excluding hydrogens is 385 g/mol. The number of nitrogens with one attached hydrogen (secondary N) is 2. The van der Waals surface area contributed by atoms with Crippen LogP contribution < -0.4 is 10.6 Å². The largest absolute Gasteiger partial charge is 0.314 e. The van der Waals surface area contributed by atoms with E-state index in [2.05, 4.69) is 37.9 Å². The highest BCUT2D eigenvalue weighted by Crippen LogP contribution is 2.26. The molecule has 0 aromatic rings. The van der Waals surface area contributed by atoms with E-state index < -0.39 is 58.4 Å². The lowest BCUT2D eigenvalue weighted by molar-refractivity contribution is -0.146. The Balaban J connectivity index is 5.39. The van der Waals surface area contributed by atoms with Crippen LogP contribution in [-0.2, 0) is 14.4 Å². The van der Waals surface area contributed by atoms with Crippen LogP contribution in [0.3, 0.4) is 0 Å². The summed E-state index contributed by atoms with van der Waals surface area (Å²) in [5.41, 5.74) is -3.01. The fraction of sp³-hybridized carbons (Fsp3) is 0.769. The Hall–Kier alpha value is -0.390. The molecule has 0 aromatic heterocycles. The molecule has 0 aliphatic heterocycles. The van der Waals surface area contributed by atoms with Crippen LogP contribution in [0, 0.1) is 0 Å². The van der Waals surface area contributed by atoms with Crippen LogP contribution >= 0.6 is 37.9 Å². The minimum absolute atomic E-state index is 0.260. The molecule has 0 spiro atoms. The first-order chi connectivity index (χ1) is 11.0. The normalized spacial score (nSPS) is 18.8. The topological polar surface area (TPSA) is 75.3 Å². The van der Waals surface area contributed by atoms with E-state index in [1.807, 2.05) is 5.32 Å². The molecular formula is C13H21F3N2O3S3. The Labute approximate surface area is 155 Å². The lowest BCUT2D eigenvalue weighted by Gasteiger charge is -2.30. The van der Waals surface area contributed by atoms with Crippen molar-refractivity contribution in [2.75, 3.05) is 24.3 Å². The summed E-state index contributed by atoms with van der Waals surface area (Å²) in [5.74, 6) is -11.6. The zero-order valence-electron chi connectivity index (χ0n) is 13.2. The minimum atomic E-state index is -3.01. The predicted octanol–water partition coefficient (Wildman–Crippen LogP) is 1.09. The van der Waals surface area contributed by atoms with Gasteiger partial charge in [0.05, 0.1) is 12.2 Å². The standard InChI is InChI=1S/C13H21F3N2O3S3/c1-3-8(19)13(16,7-24)18-10(21)11(14,5-22)4-9(20)12(15,6-23)17-2/h17,22-24H,3-7H2,1-2H3,(H,18,21)/t11-,12+,13+/m0/s1. The number of thiol groups is 3. The third-order valence-corrected chi connectivity index (χ3v) is 4.82. The first-order valence-corrected chi connectivity index (χ1v) is 8.85. The van der Waals surface area contributed by atoms with E-state index in [0.717, 1.165) is 7.05 Å². The number of amides is 1. The Bertz CT molecular complexity index is 494. The zero-order chi connectivity index (χ0) is 19.2. The number of rotatable bonds is 11. The smallest absolute Gasteiger partial charge is 0.261 e. The van der Waals surface area contributed by atoms with Gasteiger partial charge in [0.25, 0.3) is 5.91 Å². The van der Waals surface area contributed by atoms with E-state index in [9.17, 15) is 27.6 Å². The third kappa shape index (κ3) is 5.30. The molecule has 0 rings (SSSR count). The summed E-state index contributed by atoms with van der Waals surface area (Å²) in [5, 5.41) is 3.65. The van der Waals surface area contributed by atoms with E-state index in [0.29, 0.717) is 0 Å². The second-order valence-electron chi connectivity index (χ2n) is 5.12. The van der Waals surface area contributed by atoms with Gasteiger partial charge in [0.15, 0.2) is 11.6 Å². The van der Waals surface area contributed by atoms with Crippen LogP contribution in [0.2, 0.25) is 0 Å². The van der Waals surface area contributed by atoms with Gasteiger partial charge in [-0.1, -0.05) is 6.92 Å². The molecule has 0 aliphatic carbocycles. The Morgan fingerprint density at radius 1 is 0.917 bits per heavy atom. The second-order valence-corrected chi connectivity index (χ2v) is 6.07. The average Bonchev–Trinajstić information content (AvgIpc) is 2.59. The van der Waals surface area contributed by atoms with Crippen molar-refractivity contribution >= 4 is 55.4 Å². The summed E-state index contributed by atoms with van der Waals surface area (Å²) >= 11 is 10.9. The SMILES string of the molecule is CCC(=O)[C@@](F)(CS)NC(=O)[C@@](F)(CS)CC(=O)[C@@](F)(CS)NC. The fourth-order valence-corrected chi connectivity index (χ4v) is 2.52. The van der Waals surface area contributed by atoms with Gasteiger partial charge >= 0.3 is 0 Å². The molecule has 2 N–H and O–H groups in total. The van der Waals surface area contributed by atoms with Gasteiger partial charge in [0, 0.05) is 17.9 Å². The Kier molecular flexibility index (Phi) is 9.20. The number of ketones is 2. The van der Waals surface area contributed by atoms with Crippen molar-refractivity contribution in [2.45, 2.75) is 37.0 Å². The number of Topliss-reactive ketones (excluding diaryl/α,β-unsaturated/α-hetero) is 2. The van der Waals surface area contributed by atoms with Crippen molar-refractivity contribution in [3.63, 3.8) is 0 Å². The van der Waals surface area contributed by atoms with Crippen LogP contribution in [0.5, 0.6) is 0 Å². The first-order valence-electron chi connectivity index (χ1n) is 6.96. The molecule has 0 bridgehead atoms.